The van der Waals surface area contributed by atoms with Crippen LogP contribution in [0.3, 0.4) is 0 Å². The maximum atomic E-state index is 10.3. The van der Waals surface area contributed by atoms with Crippen LogP contribution in [0, 0.1) is 53.7 Å². The van der Waals surface area contributed by atoms with Crippen LogP contribution < -0.4 is 0 Å². The Hall–Kier alpha value is 0.120. The fourth-order valence-corrected chi connectivity index (χ4v) is 28.7. The molecule has 0 amide bonds. The van der Waals surface area contributed by atoms with Crippen molar-refractivity contribution in [3.05, 3.63) is 156 Å². The van der Waals surface area contributed by atoms with E-state index in [4.69, 9.17) is 196 Å². The summed E-state index contributed by atoms with van der Waals surface area (Å²) in [4.78, 5) is 71.2. The van der Waals surface area contributed by atoms with E-state index in [1.54, 1.807) is 27.7 Å². The molecule has 0 fully saturated rings. The zero-order valence-electron chi connectivity index (χ0n) is 78.1. The highest BCUT2D eigenvalue weighted by Gasteiger charge is 2.29. The van der Waals surface area contributed by atoms with Crippen molar-refractivity contribution in [1.29, 1.82) is 15.8 Å². The second-order valence-corrected chi connectivity index (χ2v) is 66.2. The first-order valence-electron chi connectivity index (χ1n) is 36.8. The van der Waals surface area contributed by atoms with Gasteiger partial charge in [0.15, 0.2) is 14.8 Å². The van der Waals surface area contributed by atoms with Crippen molar-refractivity contribution in [2.75, 3.05) is 67.9 Å². The fraction of sp³-hybridized carbons (Fsp3) is 0.422. The molecule has 0 radical (unpaired) electrons. The van der Waals surface area contributed by atoms with E-state index in [2.05, 4.69) is 47.0 Å². The zero-order chi connectivity index (χ0) is 107. The largest absolute Gasteiger partial charge is 0.456 e. The molecule has 0 spiro atoms. The van der Waals surface area contributed by atoms with E-state index < -0.39 is 19.7 Å². The van der Waals surface area contributed by atoms with Crippen molar-refractivity contribution in [3.63, 3.8) is 0 Å². The number of rotatable bonds is 28. The van der Waals surface area contributed by atoms with Crippen LogP contribution in [0.15, 0.2) is 141 Å². The van der Waals surface area contributed by atoms with Crippen LogP contribution in [0.1, 0.15) is 104 Å². The first-order valence-corrected chi connectivity index (χ1v) is 65.2. The minimum absolute atomic E-state index is 0.00931. The molecule has 3 atom stereocenters. The molecule has 0 N–H and O–H groups in total. The van der Waals surface area contributed by atoms with Crippen LogP contribution in [0.2, 0.25) is 0 Å². The highest BCUT2D eigenvalue weighted by atomic mass is 32.3. The molecule has 0 aliphatic rings. The number of carbonyl (C=O) groups excluding carboxylic acids is 6. The van der Waals surface area contributed by atoms with Crippen LogP contribution >= 0.6 is 429 Å². The van der Waals surface area contributed by atoms with Gasteiger partial charge in [-0.05, 0) is 196 Å². The van der Waals surface area contributed by atoms with Crippen LogP contribution in [-0.2, 0) is 57.2 Å². The van der Waals surface area contributed by atoms with E-state index in [0.717, 1.165) is 61.9 Å². The first kappa shape index (κ1) is 152. The number of benzene rings is 4. The monoisotopic (exact) mass is 2530 g/mol. The van der Waals surface area contributed by atoms with E-state index in [1.807, 2.05) is 248 Å². The summed E-state index contributed by atoms with van der Waals surface area (Å²) in [6.45, 7) is 50.8. The fourth-order valence-electron chi connectivity index (χ4n) is 5.36. The number of hydrogen-bond acceptors (Lipinski definition) is 51. The van der Waals surface area contributed by atoms with E-state index in [1.165, 1.54) is 282 Å². The zero-order valence-corrected chi connectivity index (χ0v) is 108. The predicted molar refractivity (Wildman–Crippen MR) is 687 cm³/mol. The molecule has 4 aromatic carbocycles. The molecule has 4 aromatic rings. The Morgan fingerprint density at radius 2 is 0.489 bits per heavy atom. The highest BCUT2D eigenvalue weighted by Crippen LogP contribution is 2.39. The molecule has 0 saturated carbocycles. The molecule has 0 aromatic heterocycles. The summed E-state index contributed by atoms with van der Waals surface area (Å²) in [5.41, 5.74) is 0. The molecular formula is C83H104N6O12S36. The van der Waals surface area contributed by atoms with Gasteiger partial charge in [0.1, 0.15) is 60.2 Å². The van der Waals surface area contributed by atoms with Gasteiger partial charge in [0.2, 0.25) is 0 Å². The lowest BCUT2D eigenvalue weighted by Crippen LogP contribution is -2.19. The number of thiocarbonyl (C=S) groups is 12. The molecule has 18 nitrogen and oxygen atoms in total. The topological polar surface area (TPSA) is 242 Å². The Balaban J connectivity index is -0.000000222. The van der Waals surface area contributed by atoms with Gasteiger partial charge in [-0.3, -0.25) is 43.3 Å². The minimum atomic E-state index is -0.611. The second-order valence-electron chi connectivity index (χ2n) is 24.7. The average molecular weight is 2530 g/mol. The molecule has 0 aliphatic heterocycles. The Labute approximate surface area is 979 Å². The number of carbonyl (C=O) groups is 6. The summed E-state index contributed by atoms with van der Waals surface area (Å²) >= 11 is 94.6. The minimum Gasteiger partial charge on any atom is -0.456 e. The lowest BCUT2D eigenvalue weighted by Gasteiger charge is -2.21. The van der Waals surface area contributed by atoms with Crippen molar-refractivity contribution >= 4 is 510 Å². The third kappa shape index (κ3) is 112. The van der Waals surface area contributed by atoms with Gasteiger partial charge in [0.25, 0.3) is 53.4 Å². The third-order valence-corrected chi connectivity index (χ3v) is 41.4. The van der Waals surface area contributed by atoms with Crippen molar-refractivity contribution in [3.8, 4) is 18.2 Å². The van der Waals surface area contributed by atoms with Crippen LogP contribution in [0.4, 0.5) is 0 Å². The van der Waals surface area contributed by atoms with Crippen LogP contribution in [-0.4, -0.2) is 194 Å². The Morgan fingerprint density at radius 1 is 0.299 bits per heavy atom. The standard InChI is InChI=1S/C11H11NS3.C11H12O2S3.C10H9NS3.C9H8O2S3.2C6H9NS3.2C6H10O2S3.2C5H7NS3.2C4H6O2S3/c1-11(2,12-3)15-10(13)14-9-7-5-4-6-8-9;1-11(2,13-8-12)16-10(14)15-9-6-4-3-5-7-9;1-8(7-11)13-10(12)14-9-5-3-2-4-6-9;10-6-11-7-13-9(12)14-8-4-2-1-3-5-8;2*1-6(2,7-3)10-5(8)9-4;2*1-6(2,8-4-7)11-5(9)10-3;2*1-4(3-6)9-5(7)8-2;2*1-8-4(7)9-3-6-2-5/h4-8H,1-2H3;3-8H,1-2H3;2-6,8H,1H3;1-6H,7H2;2*1-2,4H3;2*4H,1-3H3;2*4H,1-2H3;2*2H,3H2,1H3. The van der Waals surface area contributed by atoms with E-state index >= 15 is 0 Å². The molecule has 137 heavy (non-hydrogen) atoms. The molecule has 0 bridgehead atoms. The second kappa shape index (κ2) is 99.4. The molecule has 4 rings (SSSR count). The summed E-state index contributed by atoms with van der Waals surface area (Å²) in [5.74, 6) is 0.925. The molecule has 0 saturated heterocycles. The number of hydrogen-bond donors (Lipinski definition) is 0. The average Bonchev–Trinajstić information content (AvgIpc) is 0.873. The lowest BCUT2D eigenvalue weighted by molar-refractivity contribution is -0.134. The molecule has 3 unspecified atom stereocenters. The Kier molecular flexibility index (Phi) is 111. The number of nitriles is 3. The first-order chi connectivity index (χ1) is 64.2. The van der Waals surface area contributed by atoms with Gasteiger partial charge in [-0.15, -0.1) is 94.1 Å². The van der Waals surface area contributed by atoms with E-state index in [0.29, 0.717) is 50.7 Å². The Bertz CT molecular complexity index is 4340. The van der Waals surface area contributed by atoms with Crippen molar-refractivity contribution < 1.29 is 57.2 Å². The Morgan fingerprint density at radius 3 is 0.701 bits per heavy atom. The summed E-state index contributed by atoms with van der Waals surface area (Å²) < 4.78 is 37.3. The molecule has 0 heterocycles. The van der Waals surface area contributed by atoms with Gasteiger partial charge in [-0.25, -0.2) is 19.7 Å². The summed E-state index contributed by atoms with van der Waals surface area (Å²) in [6, 6.07) is 45.9. The smallest absolute Gasteiger partial charge is 0.294 e. The summed E-state index contributed by atoms with van der Waals surface area (Å²) in [6.07, 6.45) is 15.2. The summed E-state index contributed by atoms with van der Waals surface area (Å²) in [7, 11) is 0. The SMILES string of the molecule is CC(C#N)SC(=S)Sc1ccccc1.CC(C)(OC=O)SC(=S)Sc1ccccc1.CSC(=S)SC(C)(C)OC=O.CSC(=S)SC(C)(C)OC=O.CSC(=S)SC(C)C#N.CSC(=S)SC(C)C#N.CSC(=S)SCOC=O.CSC(=S)SCOC=O.O=COCSC(=S)Sc1ccccc1.[C-]#[N+]C(C)(C)SC(=S)SC.[C-]#[N+]C(C)(C)SC(=S)SC.[C-]#[N+]C(C)(C)SC(=S)Sc1ccccc1. The van der Waals surface area contributed by atoms with Gasteiger partial charge in [0, 0.05) is 61.1 Å². The number of nitrogens with zero attached hydrogens (tertiary/aromatic N) is 6. The van der Waals surface area contributed by atoms with Crippen LogP contribution in [0.25, 0.3) is 14.5 Å². The normalized spacial score (nSPS) is 10.6. The molecule has 754 valence electrons. The molecule has 0 aliphatic carbocycles. The van der Waals surface area contributed by atoms with Gasteiger partial charge in [-0.1, -0.05) is 372 Å². The van der Waals surface area contributed by atoms with Gasteiger partial charge in [-0.2, -0.15) is 15.8 Å². The van der Waals surface area contributed by atoms with E-state index in [-0.39, 0.29) is 31.4 Å². The molecule has 54 heteroatoms. The van der Waals surface area contributed by atoms with Crippen molar-refractivity contribution in [2.45, 2.75) is 169 Å². The maximum Gasteiger partial charge on any atom is 0.294 e. The predicted octanol–water partition coefficient (Wildman–Crippen LogP) is 32.9. The highest BCUT2D eigenvalue weighted by molar-refractivity contribution is 8.52. The van der Waals surface area contributed by atoms with Crippen molar-refractivity contribution in [2.24, 2.45) is 0 Å². The third-order valence-electron chi connectivity index (χ3n) is 11.2. The lowest BCUT2D eigenvalue weighted by atomic mass is 10.4. The van der Waals surface area contributed by atoms with Crippen molar-refractivity contribution in [1.82, 2.24) is 0 Å². The molecular weight excluding hydrogens is 2430 g/mol. The van der Waals surface area contributed by atoms with E-state index in [9.17, 15) is 28.8 Å². The van der Waals surface area contributed by atoms with Crippen LogP contribution in [0.5, 0.6) is 0 Å². The van der Waals surface area contributed by atoms with Gasteiger partial charge >= 0.3 is 0 Å². The number of thioether (sulfide) groups is 24. The number of ether oxygens (including phenoxy) is 6. The maximum absolute atomic E-state index is 10.3. The summed E-state index contributed by atoms with van der Waals surface area (Å²) in [5, 5.41) is 25.2. The van der Waals surface area contributed by atoms with Gasteiger partial charge < -0.3 is 28.4 Å². The quantitative estimate of drug-likeness (QED) is 0.00976. The van der Waals surface area contributed by atoms with Gasteiger partial charge in [0.05, 0.1) is 34.0 Å².